The highest BCUT2D eigenvalue weighted by molar-refractivity contribution is 8.00. The van der Waals surface area contributed by atoms with E-state index in [9.17, 15) is 4.79 Å². The summed E-state index contributed by atoms with van der Waals surface area (Å²) >= 11 is 1.43. The van der Waals surface area contributed by atoms with Crippen LogP contribution in [0.2, 0.25) is 0 Å². The van der Waals surface area contributed by atoms with Gasteiger partial charge in [-0.25, -0.2) is 0 Å². The second-order valence-electron chi connectivity index (χ2n) is 6.61. The van der Waals surface area contributed by atoms with Gasteiger partial charge in [0.15, 0.2) is 16.8 Å². The molecule has 1 atom stereocenters. The van der Waals surface area contributed by atoms with Crippen LogP contribution in [0.4, 0.5) is 0 Å². The summed E-state index contributed by atoms with van der Waals surface area (Å²) in [7, 11) is 0. The smallest absolute Gasteiger partial charge is 0.192 e. The summed E-state index contributed by atoms with van der Waals surface area (Å²) in [6.07, 6.45) is 3.51. The first-order valence-electron chi connectivity index (χ1n) is 9.36. The number of thioether (sulfide) groups is 1. The van der Waals surface area contributed by atoms with Crippen molar-refractivity contribution in [1.82, 2.24) is 19.7 Å². The Morgan fingerprint density at radius 2 is 1.69 bits per heavy atom. The molecule has 2 aromatic carbocycles. The summed E-state index contributed by atoms with van der Waals surface area (Å²) in [5.41, 5.74) is 2.74. The number of aromatic nitrogens is 4. The van der Waals surface area contributed by atoms with Crippen molar-refractivity contribution >= 4 is 17.5 Å². The van der Waals surface area contributed by atoms with Crippen LogP contribution in [0.25, 0.3) is 11.4 Å². The molecule has 6 heteroatoms. The normalized spacial score (nSPS) is 11.9. The maximum atomic E-state index is 12.8. The molecule has 2 aromatic heterocycles. The van der Waals surface area contributed by atoms with Gasteiger partial charge in [-0.15, -0.1) is 10.2 Å². The van der Waals surface area contributed by atoms with E-state index >= 15 is 0 Å². The maximum Gasteiger partial charge on any atom is 0.192 e. The van der Waals surface area contributed by atoms with Gasteiger partial charge in [-0.3, -0.25) is 14.3 Å². The lowest BCUT2D eigenvalue weighted by Gasteiger charge is -2.13. The first-order chi connectivity index (χ1) is 14.2. The summed E-state index contributed by atoms with van der Waals surface area (Å²) in [6.45, 7) is 2.53. The highest BCUT2D eigenvalue weighted by Crippen LogP contribution is 2.29. The van der Waals surface area contributed by atoms with Crippen molar-refractivity contribution < 1.29 is 4.79 Å². The van der Waals surface area contributed by atoms with Gasteiger partial charge in [-0.1, -0.05) is 72.4 Å². The quantitative estimate of drug-likeness (QED) is 0.331. The number of rotatable bonds is 7. The van der Waals surface area contributed by atoms with Crippen molar-refractivity contribution in [3.8, 4) is 11.4 Å². The predicted octanol–water partition coefficient (Wildman–Crippen LogP) is 4.75. The fourth-order valence-corrected chi connectivity index (χ4v) is 3.97. The number of hydrogen-bond donors (Lipinski definition) is 0. The second-order valence-corrected chi connectivity index (χ2v) is 7.92. The Kier molecular flexibility index (Phi) is 5.81. The lowest BCUT2D eigenvalue weighted by molar-refractivity contribution is 0.0994. The van der Waals surface area contributed by atoms with Crippen LogP contribution >= 0.6 is 11.8 Å². The zero-order chi connectivity index (χ0) is 20.1. The number of carbonyl (C=O) groups is 1. The minimum Gasteiger partial charge on any atom is -0.297 e. The van der Waals surface area contributed by atoms with Crippen LogP contribution < -0.4 is 0 Å². The van der Waals surface area contributed by atoms with Gasteiger partial charge < -0.3 is 0 Å². The van der Waals surface area contributed by atoms with E-state index in [1.165, 1.54) is 11.8 Å². The molecule has 29 heavy (non-hydrogen) atoms. The maximum absolute atomic E-state index is 12.8. The van der Waals surface area contributed by atoms with Gasteiger partial charge in [0.25, 0.3) is 0 Å². The molecule has 0 fully saturated rings. The number of hydrogen-bond acceptors (Lipinski definition) is 5. The van der Waals surface area contributed by atoms with Crippen LogP contribution in [0.5, 0.6) is 0 Å². The van der Waals surface area contributed by atoms with Gasteiger partial charge in [0.2, 0.25) is 0 Å². The van der Waals surface area contributed by atoms with Crippen molar-refractivity contribution in [2.24, 2.45) is 0 Å². The number of benzene rings is 2. The minimum atomic E-state index is -0.280. The lowest BCUT2D eigenvalue weighted by atomic mass is 10.1. The van der Waals surface area contributed by atoms with Crippen LogP contribution in [0.15, 0.2) is 90.3 Å². The summed E-state index contributed by atoms with van der Waals surface area (Å²) in [5, 5.41) is 9.24. The molecule has 4 rings (SSSR count). The molecule has 0 aliphatic heterocycles. The molecular formula is C23H20N4OS. The molecular weight excluding hydrogens is 380 g/mol. The molecule has 0 aliphatic rings. The molecule has 0 saturated heterocycles. The number of carbonyl (C=O) groups excluding carboxylic acids is 1. The third kappa shape index (κ3) is 4.43. The van der Waals surface area contributed by atoms with Gasteiger partial charge in [-0.2, -0.15) is 0 Å². The predicted molar refractivity (Wildman–Crippen MR) is 115 cm³/mol. The highest BCUT2D eigenvalue weighted by Gasteiger charge is 2.22. The molecule has 0 unspecified atom stereocenters. The summed E-state index contributed by atoms with van der Waals surface area (Å²) in [5.74, 6) is 0.816. The van der Waals surface area contributed by atoms with Crippen LogP contribution in [-0.4, -0.2) is 30.8 Å². The zero-order valence-corrected chi connectivity index (χ0v) is 16.8. The Labute approximate surface area is 173 Å². The van der Waals surface area contributed by atoms with Gasteiger partial charge in [0.1, 0.15) is 0 Å². The van der Waals surface area contributed by atoms with Crippen LogP contribution in [-0.2, 0) is 6.54 Å². The molecule has 144 valence electrons. The van der Waals surface area contributed by atoms with E-state index < -0.39 is 0 Å². The Morgan fingerprint density at radius 3 is 2.38 bits per heavy atom. The average Bonchev–Trinajstić information content (AvgIpc) is 3.17. The Morgan fingerprint density at radius 1 is 0.966 bits per heavy atom. The highest BCUT2D eigenvalue weighted by atomic mass is 32.2. The molecule has 0 spiro atoms. The van der Waals surface area contributed by atoms with E-state index in [0.717, 1.165) is 17.0 Å². The van der Waals surface area contributed by atoms with E-state index in [1.54, 1.807) is 12.4 Å². The third-order valence-corrected chi connectivity index (χ3v) is 5.61. The van der Waals surface area contributed by atoms with Crippen molar-refractivity contribution in [2.75, 3.05) is 0 Å². The number of pyridine rings is 1. The molecule has 0 N–H and O–H groups in total. The van der Waals surface area contributed by atoms with Crippen molar-refractivity contribution in [3.05, 3.63) is 96.3 Å². The molecule has 5 nitrogen and oxygen atoms in total. The number of Topliss-reactive ketones (excluding diaryl/α,β-unsaturated/α-hetero) is 1. The average molecular weight is 401 g/mol. The zero-order valence-electron chi connectivity index (χ0n) is 16.0. The van der Waals surface area contributed by atoms with Crippen molar-refractivity contribution in [3.63, 3.8) is 0 Å². The molecule has 0 amide bonds. The molecule has 2 heterocycles. The standard InChI is InChI=1S/C23H20N4OS/c1-17(21(28)19-11-6-3-7-12-19)29-23-26-25-22(20-13-8-14-24-15-20)27(23)16-18-9-4-2-5-10-18/h2-15,17H,16H2,1H3/t17-/m0/s1. The molecule has 0 bridgehead atoms. The minimum absolute atomic E-state index is 0.0767. The molecule has 0 radical (unpaired) electrons. The van der Waals surface area contributed by atoms with E-state index in [-0.39, 0.29) is 11.0 Å². The van der Waals surface area contributed by atoms with Crippen LogP contribution in [0, 0.1) is 0 Å². The molecule has 0 aliphatic carbocycles. The lowest BCUT2D eigenvalue weighted by Crippen LogP contribution is -2.15. The number of ketones is 1. The first-order valence-corrected chi connectivity index (χ1v) is 10.2. The van der Waals surface area contributed by atoms with Gasteiger partial charge >= 0.3 is 0 Å². The first kappa shape index (κ1) is 19.1. The van der Waals surface area contributed by atoms with Crippen molar-refractivity contribution in [2.45, 2.75) is 23.9 Å². The van der Waals surface area contributed by atoms with Crippen LogP contribution in [0.1, 0.15) is 22.8 Å². The summed E-state index contributed by atoms with van der Waals surface area (Å²) in [6, 6.07) is 23.3. The summed E-state index contributed by atoms with van der Waals surface area (Å²) in [4.78, 5) is 17.0. The SMILES string of the molecule is C[C@H](Sc1nnc(-c2cccnc2)n1Cc1ccccc1)C(=O)c1ccccc1. The largest absolute Gasteiger partial charge is 0.297 e. The Balaban J connectivity index is 1.66. The van der Waals surface area contributed by atoms with E-state index in [2.05, 4.69) is 27.3 Å². The van der Waals surface area contributed by atoms with Gasteiger partial charge in [0.05, 0.1) is 11.8 Å². The molecule has 0 saturated carbocycles. The fourth-order valence-electron chi connectivity index (χ4n) is 3.04. The molecule has 4 aromatic rings. The van der Waals surface area contributed by atoms with E-state index in [0.29, 0.717) is 17.3 Å². The van der Waals surface area contributed by atoms with E-state index in [1.807, 2.05) is 72.2 Å². The Hall–Kier alpha value is -3.25. The second kappa shape index (κ2) is 8.84. The van der Waals surface area contributed by atoms with Crippen LogP contribution in [0.3, 0.4) is 0 Å². The van der Waals surface area contributed by atoms with Gasteiger partial charge in [0, 0.05) is 23.5 Å². The topological polar surface area (TPSA) is 60.7 Å². The monoisotopic (exact) mass is 400 g/mol. The third-order valence-electron chi connectivity index (χ3n) is 4.53. The number of nitrogens with zero attached hydrogens (tertiary/aromatic N) is 4. The Bertz CT molecular complexity index is 1080. The summed E-state index contributed by atoms with van der Waals surface area (Å²) < 4.78 is 2.05. The van der Waals surface area contributed by atoms with Crippen molar-refractivity contribution in [1.29, 1.82) is 0 Å². The fraction of sp³-hybridized carbons (Fsp3) is 0.130. The van der Waals surface area contributed by atoms with E-state index in [4.69, 9.17) is 0 Å². The van der Waals surface area contributed by atoms with Gasteiger partial charge in [-0.05, 0) is 24.6 Å².